The zero-order valence-corrected chi connectivity index (χ0v) is 18.7. The van der Waals surface area contributed by atoms with E-state index in [2.05, 4.69) is 20.1 Å². The molecule has 0 aliphatic carbocycles. The van der Waals surface area contributed by atoms with Crippen molar-refractivity contribution in [1.82, 2.24) is 19.5 Å². The molecule has 0 atom stereocenters. The van der Waals surface area contributed by atoms with E-state index in [0.717, 1.165) is 32.0 Å². The molecule has 2 heterocycles. The topological polar surface area (TPSA) is 85.8 Å². The summed E-state index contributed by atoms with van der Waals surface area (Å²) < 4.78 is 26.1. The third kappa shape index (κ3) is 5.48. The van der Waals surface area contributed by atoms with Gasteiger partial charge in [0.2, 0.25) is 15.9 Å². The van der Waals surface area contributed by atoms with E-state index in [4.69, 9.17) is 11.6 Å². The summed E-state index contributed by atoms with van der Waals surface area (Å²) >= 11 is 5.89. The van der Waals surface area contributed by atoms with Gasteiger partial charge in [-0.15, -0.1) is 0 Å². The molecule has 0 bridgehead atoms. The van der Waals surface area contributed by atoms with Crippen LogP contribution in [0.3, 0.4) is 0 Å². The molecule has 8 nitrogen and oxygen atoms in total. The number of halogens is 1. The normalized spacial score (nSPS) is 15.4. The molecule has 1 N–H and O–H groups in total. The first kappa shape index (κ1) is 22.5. The summed E-state index contributed by atoms with van der Waals surface area (Å²) in [5, 5.41) is 3.45. The fourth-order valence-corrected chi connectivity index (χ4v) is 4.47. The standard InChI is InChI=1S/C20H26ClN5O3S/c1-24(2)30(28,29)18-6-4-3-5-16(18)13-23-20(27)15-25-9-11-26(12-10-25)19-8-7-17(21)14-22-19/h3-8,14H,9-13,15H2,1-2H3,(H,23,27). The number of nitrogens with one attached hydrogen (secondary N) is 1. The van der Waals surface area contributed by atoms with Gasteiger partial charge in [-0.2, -0.15) is 0 Å². The van der Waals surface area contributed by atoms with Gasteiger partial charge in [0.05, 0.1) is 16.5 Å². The van der Waals surface area contributed by atoms with Crippen LogP contribution in [0.2, 0.25) is 5.02 Å². The van der Waals surface area contributed by atoms with Crippen LogP contribution < -0.4 is 10.2 Å². The second-order valence-corrected chi connectivity index (χ2v) is 9.83. The summed E-state index contributed by atoms with van der Waals surface area (Å²) in [5.41, 5.74) is 0.568. The SMILES string of the molecule is CN(C)S(=O)(=O)c1ccccc1CNC(=O)CN1CCN(c2ccc(Cl)cn2)CC1. The van der Waals surface area contributed by atoms with Gasteiger partial charge in [0.1, 0.15) is 5.82 Å². The number of benzene rings is 1. The fraction of sp³-hybridized carbons (Fsp3) is 0.400. The van der Waals surface area contributed by atoms with Gasteiger partial charge in [-0.25, -0.2) is 17.7 Å². The number of carbonyl (C=O) groups is 1. The molecule has 162 valence electrons. The summed E-state index contributed by atoms with van der Waals surface area (Å²) in [6.45, 7) is 3.45. The summed E-state index contributed by atoms with van der Waals surface area (Å²) in [7, 11) is -0.586. The van der Waals surface area contributed by atoms with E-state index in [0.29, 0.717) is 10.6 Å². The number of nitrogens with zero attached hydrogens (tertiary/aromatic N) is 4. The van der Waals surface area contributed by atoms with Crippen LogP contribution in [0.5, 0.6) is 0 Å². The molecule has 1 fully saturated rings. The van der Waals surface area contributed by atoms with Gasteiger partial charge in [0.15, 0.2) is 0 Å². The van der Waals surface area contributed by atoms with Crippen molar-refractivity contribution >= 4 is 33.3 Å². The summed E-state index contributed by atoms with van der Waals surface area (Å²) in [4.78, 5) is 21.2. The van der Waals surface area contributed by atoms with Crippen molar-refractivity contribution in [2.24, 2.45) is 0 Å². The van der Waals surface area contributed by atoms with E-state index >= 15 is 0 Å². The van der Waals surface area contributed by atoms with Gasteiger partial charge >= 0.3 is 0 Å². The van der Waals surface area contributed by atoms with Crippen molar-refractivity contribution < 1.29 is 13.2 Å². The molecular weight excluding hydrogens is 426 g/mol. The Morgan fingerprint density at radius 3 is 2.47 bits per heavy atom. The largest absolute Gasteiger partial charge is 0.354 e. The number of hydrogen-bond donors (Lipinski definition) is 1. The van der Waals surface area contributed by atoms with Crippen molar-refractivity contribution in [3.63, 3.8) is 0 Å². The summed E-state index contributed by atoms with van der Waals surface area (Å²) in [6.07, 6.45) is 1.63. The minimum absolute atomic E-state index is 0.134. The van der Waals surface area contributed by atoms with Crippen molar-refractivity contribution in [2.75, 3.05) is 51.7 Å². The van der Waals surface area contributed by atoms with Crippen LogP contribution in [0.4, 0.5) is 5.82 Å². The molecule has 1 saturated heterocycles. The Morgan fingerprint density at radius 1 is 1.13 bits per heavy atom. The van der Waals surface area contributed by atoms with Gasteiger partial charge in [0.25, 0.3) is 0 Å². The first-order chi connectivity index (χ1) is 14.3. The quantitative estimate of drug-likeness (QED) is 0.685. The van der Waals surface area contributed by atoms with Gasteiger partial charge in [-0.3, -0.25) is 9.69 Å². The van der Waals surface area contributed by atoms with Crippen LogP contribution in [0, 0.1) is 0 Å². The molecule has 1 aliphatic heterocycles. The number of sulfonamides is 1. The third-order valence-corrected chi connectivity index (χ3v) is 7.12. The van der Waals surface area contributed by atoms with E-state index < -0.39 is 10.0 Å². The second-order valence-electron chi connectivity index (χ2n) is 7.27. The van der Waals surface area contributed by atoms with Gasteiger partial charge in [-0.1, -0.05) is 29.8 Å². The van der Waals surface area contributed by atoms with Gasteiger partial charge in [-0.05, 0) is 23.8 Å². The Kier molecular flexibility index (Phi) is 7.30. The molecule has 1 aliphatic rings. The van der Waals surface area contributed by atoms with Gasteiger partial charge < -0.3 is 10.2 Å². The predicted octanol–water partition coefficient (Wildman–Crippen LogP) is 1.42. The van der Waals surface area contributed by atoms with Crippen LogP contribution in [0.15, 0.2) is 47.5 Å². The molecule has 0 radical (unpaired) electrons. The fourth-order valence-electron chi connectivity index (χ4n) is 3.24. The molecule has 0 spiro atoms. The average molecular weight is 452 g/mol. The first-order valence-corrected chi connectivity index (χ1v) is 11.4. The van der Waals surface area contributed by atoms with Crippen LogP contribution in [0.1, 0.15) is 5.56 Å². The van der Waals surface area contributed by atoms with E-state index in [1.165, 1.54) is 18.4 Å². The molecule has 0 unspecified atom stereocenters. The zero-order valence-electron chi connectivity index (χ0n) is 17.1. The van der Waals surface area contributed by atoms with Crippen LogP contribution in [-0.2, 0) is 21.4 Å². The lowest BCUT2D eigenvalue weighted by Crippen LogP contribution is -2.49. The number of hydrogen-bond acceptors (Lipinski definition) is 6. The average Bonchev–Trinajstić information content (AvgIpc) is 2.73. The third-order valence-electron chi connectivity index (χ3n) is 4.98. The highest BCUT2D eigenvalue weighted by atomic mass is 35.5. The van der Waals surface area contributed by atoms with Crippen molar-refractivity contribution in [1.29, 1.82) is 0 Å². The van der Waals surface area contributed by atoms with E-state index in [1.807, 2.05) is 12.1 Å². The minimum atomic E-state index is -3.57. The maximum Gasteiger partial charge on any atom is 0.242 e. The van der Waals surface area contributed by atoms with Crippen LogP contribution in [0.25, 0.3) is 0 Å². The van der Waals surface area contributed by atoms with Gasteiger partial charge in [0, 0.05) is 53.0 Å². The number of pyridine rings is 1. The number of rotatable bonds is 7. The monoisotopic (exact) mass is 451 g/mol. The predicted molar refractivity (Wildman–Crippen MR) is 117 cm³/mol. The number of piperazine rings is 1. The zero-order chi connectivity index (χ0) is 21.7. The Balaban J connectivity index is 1.51. The summed E-state index contributed by atoms with van der Waals surface area (Å²) in [6, 6.07) is 10.4. The number of carbonyl (C=O) groups excluding carboxylic acids is 1. The Morgan fingerprint density at radius 2 is 1.83 bits per heavy atom. The number of anilines is 1. The lowest BCUT2D eigenvalue weighted by atomic mass is 10.2. The van der Waals surface area contributed by atoms with E-state index in [9.17, 15) is 13.2 Å². The smallest absolute Gasteiger partial charge is 0.242 e. The molecule has 10 heteroatoms. The van der Waals surface area contributed by atoms with E-state index in [-0.39, 0.29) is 23.9 Å². The lowest BCUT2D eigenvalue weighted by molar-refractivity contribution is -0.122. The molecule has 2 aromatic rings. The van der Waals surface area contributed by atoms with Crippen LogP contribution in [-0.4, -0.2) is 75.3 Å². The van der Waals surface area contributed by atoms with Crippen molar-refractivity contribution in [2.45, 2.75) is 11.4 Å². The van der Waals surface area contributed by atoms with Crippen molar-refractivity contribution in [3.05, 3.63) is 53.2 Å². The Hall–Kier alpha value is -2.20. The maximum atomic E-state index is 12.5. The molecule has 0 saturated carbocycles. The highest BCUT2D eigenvalue weighted by molar-refractivity contribution is 7.89. The highest BCUT2D eigenvalue weighted by Gasteiger charge is 2.22. The number of amides is 1. The molecule has 1 amide bonds. The van der Waals surface area contributed by atoms with Crippen molar-refractivity contribution in [3.8, 4) is 0 Å². The first-order valence-electron chi connectivity index (χ1n) is 9.63. The molecule has 1 aromatic carbocycles. The number of aromatic nitrogens is 1. The highest BCUT2D eigenvalue weighted by Crippen LogP contribution is 2.18. The Bertz CT molecular complexity index is 974. The van der Waals surface area contributed by atoms with Crippen LogP contribution >= 0.6 is 11.6 Å². The summed E-state index contributed by atoms with van der Waals surface area (Å²) in [5.74, 6) is 0.743. The van der Waals surface area contributed by atoms with E-state index in [1.54, 1.807) is 30.5 Å². The maximum absolute atomic E-state index is 12.5. The Labute approximate surface area is 182 Å². The molecule has 30 heavy (non-hydrogen) atoms. The second kappa shape index (κ2) is 9.74. The lowest BCUT2D eigenvalue weighted by Gasteiger charge is -2.35. The molecule has 3 rings (SSSR count). The minimum Gasteiger partial charge on any atom is -0.354 e. The molecular formula is C20H26ClN5O3S. The molecule has 1 aromatic heterocycles.